The molecule has 1 saturated carbocycles. The summed E-state index contributed by atoms with van der Waals surface area (Å²) in [5.41, 5.74) is -0.628. The minimum Gasteiger partial charge on any atom is -0.493 e. The molecule has 0 aliphatic heterocycles. The van der Waals surface area contributed by atoms with Crippen LogP contribution >= 0.6 is 0 Å². The van der Waals surface area contributed by atoms with E-state index in [1.165, 1.54) is 19.2 Å². The Bertz CT molecular complexity index is 605. The fourth-order valence-corrected chi connectivity index (χ4v) is 2.36. The minimum atomic E-state index is -1.04. The number of carbonyl (C=O) groups is 1. The lowest BCUT2D eigenvalue weighted by molar-refractivity contribution is -0.142. The summed E-state index contributed by atoms with van der Waals surface area (Å²) in [5, 5.41) is 18.1. The Morgan fingerprint density at radius 3 is 2.50 bits per heavy atom. The SMILES string of the molecule is COc1cc(C#N)ccc1OC(=O)C1(C#N)CCCC1. The Morgan fingerprint density at radius 2 is 1.95 bits per heavy atom. The molecule has 1 aliphatic rings. The second kappa shape index (κ2) is 5.63. The van der Waals surface area contributed by atoms with Gasteiger partial charge in [0.25, 0.3) is 0 Å². The number of hydrogen-bond donors (Lipinski definition) is 0. The topological polar surface area (TPSA) is 83.1 Å². The number of nitriles is 2. The highest BCUT2D eigenvalue weighted by molar-refractivity contribution is 5.83. The quantitative estimate of drug-likeness (QED) is 0.622. The van der Waals surface area contributed by atoms with Gasteiger partial charge in [0.2, 0.25) is 0 Å². The third-order valence-corrected chi connectivity index (χ3v) is 3.56. The highest BCUT2D eigenvalue weighted by Gasteiger charge is 2.43. The third-order valence-electron chi connectivity index (χ3n) is 3.56. The molecule has 1 aliphatic carbocycles. The molecule has 5 nitrogen and oxygen atoms in total. The number of benzene rings is 1. The highest BCUT2D eigenvalue weighted by atomic mass is 16.6. The van der Waals surface area contributed by atoms with E-state index in [0.29, 0.717) is 24.2 Å². The number of carbonyl (C=O) groups excluding carboxylic acids is 1. The maximum absolute atomic E-state index is 12.2. The molecule has 2 rings (SSSR count). The molecule has 0 atom stereocenters. The van der Waals surface area contributed by atoms with Crippen LogP contribution in [0.4, 0.5) is 0 Å². The predicted molar refractivity (Wildman–Crippen MR) is 69.9 cm³/mol. The van der Waals surface area contributed by atoms with Crippen molar-refractivity contribution in [1.82, 2.24) is 0 Å². The molecule has 1 aromatic rings. The minimum absolute atomic E-state index is 0.234. The monoisotopic (exact) mass is 270 g/mol. The summed E-state index contributed by atoms with van der Waals surface area (Å²) in [5.74, 6) is 0.00187. The van der Waals surface area contributed by atoms with Crippen LogP contribution < -0.4 is 9.47 Å². The molecule has 0 aromatic heterocycles. The van der Waals surface area contributed by atoms with Gasteiger partial charge in [-0.1, -0.05) is 12.8 Å². The summed E-state index contributed by atoms with van der Waals surface area (Å²) in [6.07, 6.45) is 2.77. The van der Waals surface area contributed by atoms with Crippen LogP contribution in [-0.2, 0) is 4.79 Å². The van der Waals surface area contributed by atoms with E-state index >= 15 is 0 Å². The molecule has 0 amide bonds. The highest BCUT2D eigenvalue weighted by Crippen LogP contribution is 2.40. The van der Waals surface area contributed by atoms with E-state index in [2.05, 4.69) is 6.07 Å². The molecule has 0 heterocycles. The molecular weight excluding hydrogens is 256 g/mol. The summed E-state index contributed by atoms with van der Waals surface area (Å²) >= 11 is 0. The van der Waals surface area contributed by atoms with Crippen molar-refractivity contribution in [2.45, 2.75) is 25.7 Å². The zero-order chi connectivity index (χ0) is 14.6. The maximum atomic E-state index is 12.2. The van der Waals surface area contributed by atoms with Crippen molar-refractivity contribution in [3.8, 4) is 23.6 Å². The van der Waals surface area contributed by atoms with Crippen LogP contribution in [0.3, 0.4) is 0 Å². The fourth-order valence-electron chi connectivity index (χ4n) is 2.36. The van der Waals surface area contributed by atoms with E-state index in [4.69, 9.17) is 14.7 Å². The van der Waals surface area contributed by atoms with Gasteiger partial charge in [-0.25, -0.2) is 4.79 Å². The lowest BCUT2D eigenvalue weighted by atomic mass is 9.88. The third kappa shape index (κ3) is 2.44. The molecule has 0 radical (unpaired) electrons. The van der Waals surface area contributed by atoms with Gasteiger partial charge in [-0.05, 0) is 25.0 Å². The molecule has 0 bridgehead atoms. The molecule has 20 heavy (non-hydrogen) atoms. The average Bonchev–Trinajstić information content (AvgIpc) is 2.97. The van der Waals surface area contributed by atoms with Gasteiger partial charge in [0.1, 0.15) is 0 Å². The Labute approximate surface area is 117 Å². The number of rotatable bonds is 3. The fraction of sp³-hybridized carbons (Fsp3) is 0.400. The van der Waals surface area contributed by atoms with Gasteiger partial charge in [0.15, 0.2) is 16.9 Å². The smallest absolute Gasteiger partial charge is 0.332 e. The normalized spacial score (nSPS) is 15.9. The van der Waals surface area contributed by atoms with Crippen LogP contribution in [0.25, 0.3) is 0 Å². The summed E-state index contributed by atoms with van der Waals surface area (Å²) < 4.78 is 10.4. The number of ether oxygens (including phenoxy) is 2. The van der Waals surface area contributed by atoms with Gasteiger partial charge < -0.3 is 9.47 Å². The van der Waals surface area contributed by atoms with E-state index in [9.17, 15) is 10.1 Å². The molecule has 1 aromatic carbocycles. The Morgan fingerprint density at radius 1 is 1.25 bits per heavy atom. The molecule has 0 saturated heterocycles. The van der Waals surface area contributed by atoms with Crippen LogP contribution in [0.15, 0.2) is 18.2 Å². The molecule has 0 unspecified atom stereocenters. The first-order valence-corrected chi connectivity index (χ1v) is 6.37. The van der Waals surface area contributed by atoms with E-state index in [-0.39, 0.29) is 5.75 Å². The predicted octanol–water partition coefficient (Wildman–Crippen LogP) is 2.56. The molecule has 0 N–H and O–H groups in total. The van der Waals surface area contributed by atoms with Gasteiger partial charge in [-0.3, -0.25) is 0 Å². The first-order chi connectivity index (χ1) is 9.65. The van der Waals surface area contributed by atoms with Crippen molar-refractivity contribution in [3.05, 3.63) is 23.8 Å². The summed E-state index contributed by atoms with van der Waals surface area (Å²) in [7, 11) is 1.43. The standard InChI is InChI=1S/C15H14N2O3/c1-19-13-8-11(9-16)4-5-12(13)20-14(18)15(10-17)6-2-3-7-15/h4-5,8H,2-3,6-7H2,1H3. The Balaban J connectivity index is 2.24. The van der Waals surface area contributed by atoms with Crippen molar-refractivity contribution in [1.29, 1.82) is 10.5 Å². The molecule has 1 fully saturated rings. The van der Waals surface area contributed by atoms with E-state index in [1.54, 1.807) is 6.07 Å². The second-order valence-electron chi connectivity index (χ2n) is 4.77. The van der Waals surface area contributed by atoms with Crippen molar-refractivity contribution >= 4 is 5.97 Å². The number of methoxy groups -OCH3 is 1. The van der Waals surface area contributed by atoms with Crippen molar-refractivity contribution in [2.75, 3.05) is 7.11 Å². The first-order valence-electron chi connectivity index (χ1n) is 6.37. The summed E-state index contributed by atoms with van der Waals surface area (Å²) in [6.45, 7) is 0. The van der Waals surface area contributed by atoms with Gasteiger partial charge in [0.05, 0.1) is 24.8 Å². The van der Waals surface area contributed by atoms with E-state index in [0.717, 1.165) is 12.8 Å². The van der Waals surface area contributed by atoms with Crippen molar-refractivity contribution in [2.24, 2.45) is 5.41 Å². The zero-order valence-corrected chi connectivity index (χ0v) is 11.2. The van der Waals surface area contributed by atoms with Gasteiger partial charge >= 0.3 is 5.97 Å². The van der Waals surface area contributed by atoms with Crippen LogP contribution in [0.2, 0.25) is 0 Å². The van der Waals surface area contributed by atoms with E-state index < -0.39 is 11.4 Å². The van der Waals surface area contributed by atoms with Gasteiger partial charge in [-0.15, -0.1) is 0 Å². The molecular formula is C15H14N2O3. The lowest BCUT2D eigenvalue weighted by Crippen LogP contribution is -2.30. The zero-order valence-electron chi connectivity index (χ0n) is 11.2. The Kier molecular flexibility index (Phi) is 3.91. The van der Waals surface area contributed by atoms with Crippen LogP contribution in [0.1, 0.15) is 31.2 Å². The van der Waals surface area contributed by atoms with Crippen molar-refractivity contribution in [3.63, 3.8) is 0 Å². The Hall–Kier alpha value is -2.53. The van der Waals surface area contributed by atoms with E-state index in [1.807, 2.05) is 6.07 Å². The van der Waals surface area contributed by atoms with Crippen molar-refractivity contribution < 1.29 is 14.3 Å². The molecule has 0 spiro atoms. The molecule has 102 valence electrons. The summed E-state index contributed by atoms with van der Waals surface area (Å²) in [6, 6.07) is 8.62. The average molecular weight is 270 g/mol. The second-order valence-corrected chi connectivity index (χ2v) is 4.77. The number of nitrogens with zero attached hydrogens (tertiary/aromatic N) is 2. The first kappa shape index (κ1) is 13.9. The van der Waals surface area contributed by atoms with Crippen LogP contribution in [0.5, 0.6) is 11.5 Å². The largest absolute Gasteiger partial charge is 0.493 e. The van der Waals surface area contributed by atoms with Crippen LogP contribution in [0, 0.1) is 28.1 Å². The van der Waals surface area contributed by atoms with Gasteiger partial charge in [-0.2, -0.15) is 10.5 Å². The maximum Gasteiger partial charge on any atom is 0.332 e. The number of esters is 1. The van der Waals surface area contributed by atoms with Crippen LogP contribution in [-0.4, -0.2) is 13.1 Å². The van der Waals surface area contributed by atoms with Gasteiger partial charge in [0, 0.05) is 6.07 Å². The lowest BCUT2D eigenvalue weighted by Gasteiger charge is -2.18. The summed E-state index contributed by atoms with van der Waals surface area (Å²) in [4.78, 5) is 12.2. The molecule has 5 heteroatoms. The number of hydrogen-bond acceptors (Lipinski definition) is 5.